The monoisotopic (exact) mass is 443 g/mol. The van der Waals surface area contributed by atoms with Crippen molar-refractivity contribution in [2.24, 2.45) is 22.1 Å². The van der Waals surface area contributed by atoms with Crippen LogP contribution in [0, 0.1) is 11.3 Å². The smallest absolute Gasteiger partial charge is 0.189 e. The second-order valence-corrected chi connectivity index (χ2v) is 6.97. The van der Waals surface area contributed by atoms with Crippen molar-refractivity contribution in [2.45, 2.75) is 44.4 Å². The molecule has 1 spiro atoms. The van der Waals surface area contributed by atoms with E-state index in [1.807, 2.05) is 24.3 Å². The van der Waals surface area contributed by atoms with Crippen molar-refractivity contribution in [3.63, 3.8) is 0 Å². The summed E-state index contributed by atoms with van der Waals surface area (Å²) in [6.07, 6.45) is 5.42. The minimum atomic E-state index is 0. The number of aliphatic imine (C=N–C) groups is 1. The van der Waals surface area contributed by atoms with Gasteiger partial charge in [-0.05, 0) is 25.3 Å². The molecule has 1 aliphatic heterocycles. The molecule has 5 nitrogen and oxygen atoms in total. The van der Waals surface area contributed by atoms with E-state index in [0.29, 0.717) is 36.0 Å². The maximum Gasteiger partial charge on any atom is 0.189 e. The van der Waals surface area contributed by atoms with Crippen molar-refractivity contribution in [1.29, 1.82) is 0 Å². The van der Waals surface area contributed by atoms with Crippen LogP contribution in [0.15, 0.2) is 29.3 Å². The Labute approximate surface area is 160 Å². The Morgan fingerprint density at radius 1 is 1.42 bits per heavy atom. The molecule has 4 rings (SSSR count). The molecule has 3 N–H and O–H groups in total. The van der Waals surface area contributed by atoms with Gasteiger partial charge in [-0.3, -0.25) is 0 Å². The lowest BCUT2D eigenvalue weighted by Crippen LogP contribution is -2.72. The van der Waals surface area contributed by atoms with Crippen LogP contribution in [0.1, 0.15) is 31.2 Å². The van der Waals surface area contributed by atoms with E-state index >= 15 is 0 Å². The second kappa shape index (κ2) is 7.07. The SMILES string of the molecule is COc1ccccc1CN=C(N)NC1C2CCOC2C12CCC2.I. The van der Waals surface area contributed by atoms with Crippen molar-refractivity contribution in [3.8, 4) is 5.75 Å². The molecule has 1 aromatic rings. The first kappa shape index (κ1) is 17.8. The fourth-order valence-electron chi connectivity index (χ4n) is 4.66. The first-order valence-corrected chi connectivity index (χ1v) is 8.54. The van der Waals surface area contributed by atoms with E-state index in [9.17, 15) is 0 Å². The number of halogens is 1. The first-order valence-electron chi connectivity index (χ1n) is 8.54. The zero-order valence-corrected chi connectivity index (χ0v) is 16.4. The van der Waals surface area contributed by atoms with Crippen LogP contribution in [0.5, 0.6) is 5.75 Å². The molecule has 24 heavy (non-hydrogen) atoms. The van der Waals surface area contributed by atoms with Gasteiger partial charge >= 0.3 is 0 Å². The van der Waals surface area contributed by atoms with Gasteiger partial charge in [-0.1, -0.05) is 24.6 Å². The minimum absolute atomic E-state index is 0. The predicted octanol–water partition coefficient (Wildman–Crippen LogP) is 2.68. The number of para-hydroxylation sites is 1. The molecule has 2 aliphatic carbocycles. The van der Waals surface area contributed by atoms with Crippen LogP contribution in [-0.2, 0) is 11.3 Å². The summed E-state index contributed by atoms with van der Waals surface area (Å²) in [6.45, 7) is 1.43. The van der Waals surface area contributed by atoms with Gasteiger partial charge in [0.15, 0.2) is 5.96 Å². The van der Waals surface area contributed by atoms with Crippen molar-refractivity contribution in [3.05, 3.63) is 29.8 Å². The molecule has 1 heterocycles. The molecule has 3 aliphatic rings. The lowest BCUT2D eigenvalue weighted by molar-refractivity contribution is -0.171. The highest BCUT2D eigenvalue weighted by Gasteiger charge is 2.66. The molecule has 1 aromatic carbocycles. The molecule has 3 atom stereocenters. The average Bonchev–Trinajstić information content (AvgIpc) is 2.94. The number of rotatable bonds is 4. The Bertz CT molecular complexity index is 618. The molecule has 1 saturated heterocycles. The van der Waals surface area contributed by atoms with E-state index < -0.39 is 0 Å². The normalized spacial score (nSPS) is 29.9. The van der Waals surface area contributed by atoms with E-state index in [-0.39, 0.29) is 24.0 Å². The van der Waals surface area contributed by atoms with E-state index in [4.69, 9.17) is 15.2 Å². The highest BCUT2D eigenvalue weighted by molar-refractivity contribution is 14.0. The summed E-state index contributed by atoms with van der Waals surface area (Å²) >= 11 is 0. The number of guanidine groups is 1. The third-order valence-corrected chi connectivity index (χ3v) is 5.95. The maximum absolute atomic E-state index is 6.16. The van der Waals surface area contributed by atoms with Gasteiger partial charge in [0.25, 0.3) is 0 Å². The van der Waals surface area contributed by atoms with Gasteiger partial charge < -0.3 is 20.5 Å². The summed E-state index contributed by atoms with van der Waals surface area (Å²) in [5.74, 6) is 2.00. The number of hydrogen-bond acceptors (Lipinski definition) is 3. The lowest BCUT2D eigenvalue weighted by Gasteiger charge is -2.63. The van der Waals surface area contributed by atoms with E-state index in [1.54, 1.807) is 7.11 Å². The summed E-state index contributed by atoms with van der Waals surface area (Å²) in [5.41, 5.74) is 7.54. The zero-order valence-electron chi connectivity index (χ0n) is 14.0. The number of methoxy groups -OCH3 is 1. The van der Waals surface area contributed by atoms with E-state index in [0.717, 1.165) is 24.3 Å². The Morgan fingerprint density at radius 2 is 2.21 bits per heavy atom. The van der Waals surface area contributed by atoms with Crippen molar-refractivity contribution >= 4 is 29.9 Å². The van der Waals surface area contributed by atoms with Crippen molar-refractivity contribution in [2.75, 3.05) is 13.7 Å². The van der Waals surface area contributed by atoms with Crippen LogP contribution in [0.4, 0.5) is 0 Å². The number of nitrogens with one attached hydrogen (secondary N) is 1. The van der Waals surface area contributed by atoms with Gasteiger partial charge in [-0.15, -0.1) is 24.0 Å². The van der Waals surface area contributed by atoms with Gasteiger partial charge in [0.1, 0.15) is 5.75 Å². The Morgan fingerprint density at radius 3 is 2.92 bits per heavy atom. The molecule has 132 valence electrons. The number of fused-ring (bicyclic) bond motifs is 2. The number of ether oxygens (including phenoxy) is 2. The molecular weight excluding hydrogens is 417 g/mol. The first-order chi connectivity index (χ1) is 11.2. The standard InChI is InChI=1S/C18H25N3O2.HI/c1-22-14-6-3-2-5-12(14)11-20-17(19)21-15-13-7-10-23-16(13)18(15)8-4-9-18;/h2-3,5-6,13,15-16H,4,7-11H2,1H3,(H3,19,20,21);1H. The predicted molar refractivity (Wildman–Crippen MR) is 105 cm³/mol. The fraction of sp³-hybridized carbons (Fsp3) is 0.611. The number of hydrogen-bond donors (Lipinski definition) is 2. The number of nitrogens with zero attached hydrogens (tertiary/aromatic N) is 1. The molecule has 3 fully saturated rings. The lowest BCUT2D eigenvalue weighted by atomic mass is 9.46. The van der Waals surface area contributed by atoms with Crippen LogP contribution in [0.3, 0.4) is 0 Å². The molecule has 0 aromatic heterocycles. The molecule has 6 heteroatoms. The van der Waals surface area contributed by atoms with E-state index in [2.05, 4.69) is 10.3 Å². The fourth-order valence-corrected chi connectivity index (χ4v) is 4.66. The summed E-state index contributed by atoms with van der Waals surface area (Å²) in [6, 6.07) is 8.36. The van der Waals surface area contributed by atoms with Crippen LogP contribution >= 0.6 is 24.0 Å². The van der Waals surface area contributed by atoms with Gasteiger partial charge in [-0.2, -0.15) is 0 Å². The molecule has 0 amide bonds. The Balaban J connectivity index is 0.00000169. The zero-order chi connectivity index (χ0) is 15.9. The van der Waals surface area contributed by atoms with Crippen LogP contribution in [0.2, 0.25) is 0 Å². The maximum atomic E-state index is 6.16. The Kier molecular flexibility index (Phi) is 5.24. The molecule has 0 bridgehead atoms. The highest BCUT2D eigenvalue weighted by Crippen LogP contribution is 2.62. The summed E-state index contributed by atoms with van der Waals surface area (Å²) in [5, 5.41) is 3.50. The molecular formula is C18H26IN3O2. The van der Waals surface area contributed by atoms with Crippen molar-refractivity contribution in [1.82, 2.24) is 5.32 Å². The average molecular weight is 443 g/mol. The van der Waals surface area contributed by atoms with E-state index in [1.165, 1.54) is 19.3 Å². The number of benzene rings is 1. The second-order valence-electron chi connectivity index (χ2n) is 6.97. The quantitative estimate of drug-likeness (QED) is 0.427. The highest BCUT2D eigenvalue weighted by atomic mass is 127. The molecule has 2 saturated carbocycles. The molecule has 0 radical (unpaired) electrons. The largest absolute Gasteiger partial charge is 0.496 e. The van der Waals surface area contributed by atoms with Crippen LogP contribution in [0.25, 0.3) is 0 Å². The summed E-state index contributed by atoms with van der Waals surface area (Å²) < 4.78 is 11.3. The van der Waals surface area contributed by atoms with Gasteiger partial charge in [0.2, 0.25) is 0 Å². The summed E-state index contributed by atoms with van der Waals surface area (Å²) in [7, 11) is 1.68. The van der Waals surface area contributed by atoms with Gasteiger partial charge in [0, 0.05) is 29.5 Å². The minimum Gasteiger partial charge on any atom is -0.496 e. The van der Waals surface area contributed by atoms with Crippen molar-refractivity contribution < 1.29 is 9.47 Å². The Hall–Kier alpha value is -1.02. The van der Waals surface area contributed by atoms with Crippen LogP contribution < -0.4 is 15.8 Å². The van der Waals surface area contributed by atoms with Crippen LogP contribution in [-0.4, -0.2) is 31.8 Å². The molecule has 3 unspecified atom stereocenters. The van der Waals surface area contributed by atoms with Gasteiger partial charge in [-0.25, -0.2) is 4.99 Å². The third kappa shape index (κ3) is 2.77. The topological polar surface area (TPSA) is 68.9 Å². The third-order valence-electron chi connectivity index (χ3n) is 5.95. The van der Waals surface area contributed by atoms with Gasteiger partial charge in [0.05, 0.1) is 19.8 Å². The summed E-state index contributed by atoms with van der Waals surface area (Å²) in [4.78, 5) is 4.53. The number of nitrogens with two attached hydrogens (primary N) is 1.